The maximum atomic E-state index is 12.8. The van der Waals surface area contributed by atoms with E-state index in [1.807, 2.05) is 22.2 Å². The first-order valence-corrected chi connectivity index (χ1v) is 11.4. The second kappa shape index (κ2) is 10.6. The van der Waals surface area contributed by atoms with Crippen molar-refractivity contribution in [1.29, 1.82) is 0 Å². The first-order chi connectivity index (χ1) is 13.7. The molecule has 0 radical (unpaired) electrons. The average molecular weight is 530 g/mol. The van der Waals surface area contributed by atoms with Gasteiger partial charge in [-0.25, -0.2) is 9.98 Å². The Morgan fingerprint density at radius 1 is 1.31 bits per heavy atom. The van der Waals surface area contributed by atoms with Crippen molar-refractivity contribution in [2.24, 2.45) is 10.9 Å². The van der Waals surface area contributed by atoms with E-state index in [-0.39, 0.29) is 35.9 Å². The summed E-state index contributed by atoms with van der Waals surface area (Å²) in [4.78, 5) is 25.1. The number of nitrogens with zero attached hydrogens (tertiary/aromatic N) is 4. The van der Waals surface area contributed by atoms with Gasteiger partial charge in [0.25, 0.3) is 0 Å². The fourth-order valence-corrected chi connectivity index (χ4v) is 4.93. The van der Waals surface area contributed by atoms with E-state index >= 15 is 0 Å². The largest absolute Gasteiger partial charge is 0.357 e. The molecule has 2 aromatic heterocycles. The van der Waals surface area contributed by atoms with Gasteiger partial charge in [0.15, 0.2) is 10.9 Å². The Hall–Kier alpha value is -1.36. The van der Waals surface area contributed by atoms with Crippen LogP contribution < -0.4 is 10.6 Å². The lowest BCUT2D eigenvalue weighted by molar-refractivity contribution is -0.135. The van der Waals surface area contributed by atoms with Gasteiger partial charge in [-0.3, -0.25) is 9.20 Å². The van der Waals surface area contributed by atoms with Gasteiger partial charge in [-0.2, -0.15) is 0 Å². The Morgan fingerprint density at radius 3 is 2.90 bits per heavy atom. The number of halogens is 1. The van der Waals surface area contributed by atoms with E-state index in [4.69, 9.17) is 4.99 Å². The van der Waals surface area contributed by atoms with E-state index in [0.717, 1.165) is 55.5 Å². The van der Waals surface area contributed by atoms with Crippen LogP contribution in [0.4, 0.5) is 0 Å². The summed E-state index contributed by atoms with van der Waals surface area (Å²) in [6.45, 7) is 5.05. The molecule has 1 unspecified atom stereocenters. The lowest BCUT2D eigenvalue weighted by atomic mass is 9.88. The molecule has 2 aromatic rings. The minimum atomic E-state index is 0. The van der Waals surface area contributed by atoms with Crippen molar-refractivity contribution < 1.29 is 4.79 Å². The van der Waals surface area contributed by atoms with Gasteiger partial charge < -0.3 is 15.5 Å². The molecule has 2 aliphatic rings. The summed E-state index contributed by atoms with van der Waals surface area (Å²) < 4.78 is 2.03. The van der Waals surface area contributed by atoms with Crippen molar-refractivity contribution in [2.45, 2.75) is 58.0 Å². The van der Waals surface area contributed by atoms with Crippen molar-refractivity contribution in [3.63, 3.8) is 0 Å². The third-order valence-electron chi connectivity index (χ3n) is 5.68. The first kappa shape index (κ1) is 22.3. The van der Waals surface area contributed by atoms with E-state index in [1.165, 1.54) is 19.3 Å². The monoisotopic (exact) mass is 530 g/mol. The second-order valence-corrected chi connectivity index (χ2v) is 8.64. The molecule has 7 nitrogen and oxygen atoms in total. The standard InChI is InChI=1S/C20H30N6OS.HI/c1-2-21-19(22-12-17-14-26-10-11-28-20(26)24-17)23-16-8-9-25(13-16)18(27)15-6-4-3-5-7-15;/h10-11,14-16H,2-9,12-13H2,1H3,(H2,21,22,23);1H. The molecular formula is C20H31IN6OS. The number of amides is 1. The molecule has 0 spiro atoms. The smallest absolute Gasteiger partial charge is 0.225 e. The minimum Gasteiger partial charge on any atom is -0.357 e. The number of carbonyl (C=O) groups is 1. The number of thiazole rings is 1. The number of aromatic nitrogens is 2. The third-order valence-corrected chi connectivity index (χ3v) is 6.45. The van der Waals surface area contributed by atoms with Crippen LogP contribution in [0.3, 0.4) is 0 Å². The Kier molecular flexibility index (Phi) is 8.16. The van der Waals surface area contributed by atoms with Crippen LogP contribution in [0.25, 0.3) is 4.96 Å². The van der Waals surface area contributed by atoms with Crippen LogP contribution in [-0.4, -0.2) is 51.8 Å². The molecule has 160 valence electrons. The van der Waals surface area contributed by atoms with Gasteiger partial charge in [-0.1, -0.05) is 19.3 Å². The molecule has 0 aromatic carbocycles. The predicted octanol–water partition coefficient (Wildman–Crippen LogP) is 3.25. The zero-order valence-corrected chi connectivity index (χ0v) is 20.1. The molecule has 2 N–H and O–H groups in total. The molecule has 2 fully saturated rings. The lowest BCUT2D eigenvalue weighted by Gasteiger charge is -2.26. The molecule has 1 saturated carbocycles. The Labute approximate surface area is 193 Å². The molecule has 0 bridgehead atoms. The van der Waals surface area contributed by atoms with Gasteiger partial charge in [0.2, 0.25) is 5.91 Å². The fourth-order valence-electron chi connectivity index (χ4n) is 4.21. The summed E-state index contributed by atoms with van der Waals surface area (Å²) in [6, 6.07) is 0.260. The van der Waals surface area contributed by atoms with Crippen molar-refractivity contribution in [2.75, 3.05) is 19.6 Å². The highest BCUT2D eigenvalue weighted by atomic mass is 127. The SMILES string of the molecule is CCNC(=NCc1cn2ccsc2n1)NC1CCN(C(=O)C2CCCCC2)C1.I. The van der Waals surface area contributed by atoms with Gasteiger partial charge >= 0.3 is 0 Å². The Morgan fingerprint density at radius 2 is 2.14 bits per heavy atom. The Bertz CT molecular complexity index is 799. The van der Waals surface area contributed by atoms with Crippen LogP contribution in [-0.2, 0) is 11.3 Å². The van der Waals surface area contributed by atoms with Crippen LogP contribution in [0.1, 0.15) is 51.1 Å². The van der Waals surface area contributed by atoms with Gasteiger partial charge in [0.1, 0.15) is 0 Å². The normalized spacial score (nSPS) is 20.7. The average Bonchev–Trinajstić information content (AvgIpc) is 3.43. The molecule has 1 saturated heterocycles. The zero-order chi connectivity index (χ0) is 19.3. The molecule has 9 heteroatoms. The van der Waals surface area contributed by atoms with Gasteiger partial charge in [0.05, 0.1) is 12.2 Å². The van der Waals surface area contributed by atoms with Crippen LogP contribution in [0.2, 0.25) is 0 Å². The van der Waals surface area contributed by atoms with Gasteiger partial charge in [-0.15, -0.1) is 35.3 Å². The Balaban J connectivity index is 0.00000240. The fraction of sp³-hybridized carbons (Fsp3) is 0.650. The topological polar surface area (TPSA) is 74.0 Å². The van der Waals surface area contributed by atoms with E-state index in [9.17, 15) is 4.79 Å². The molecule has 1 aliphatic carbocycles. The zero-order valence-electron chi connectivity index (χ0n) is 17.0. The van der Waals surface area contributed by atoms with Crippen LogP contribution >= 0.6 is 35.3 Å². The highest BCUT2D eigenvalue weighted by molar-refractivity contribution is 14.0. The van der Waals surface area contributed by atoms with Crippen LogP contribution in [0.15, 0.2) is 22.8 Å². The highest BCUT2D eigenvalue weighted by Crippen LogP contribution is 2.26. The number of hydrogen-bond acceptors (Lipinski definition) is 4. The first-order valence-electron chi connectivity index (χ1n) is 10.5. The maximum Gasteiger partial charge on any atom is 0.225 e. The van der Waals surface area contributed by atoms with E-state index in [0.29, 0.717) is 12.5 Å². The summed E-state index contributed by atoms with van der Waals surface area (Å²) in [5, 5.41) is 8.86. The summed E-state index contributed by atoms with van der Waals surface area (Å²) in [5.41, 5.74) is 0.963. The summed E-state index contributed by atoms with van der Waals surface area (Å²) >= 11 is 1.63. The number of likely N-dealkylation sites (tertiary alicyclic amines) is 1. The molecule has 1 aliphatic heterocycles. The number of guanidine groups is 1. The number of fused-ring (bicyclic) bond motifs is 1. The molecular weight excluding hydrogens is 499 g/mol. The van der Waals surface area contributed by atoms with Gasteiger partial charge in [-0.05, 0) is 26.2 Å². The number of aliphatic imine (C=N–C) groups is 1. The second-order valence-electron chi connectivity index (χ2n) is 7.77. The van der Waals surface area contributed by atoms with Crippen molar-refractivity contribution >= 4 is 52.1 Å². The number of rotatable bonds is 5. The number of hydrogen-bond donors (Lipinski definition) is 2. The summed E-state index contributed by atoms with van der Waals surface area (Å²) in [5.74, 6) is 1.42. The summed E-state index contributed by atoms with van der Waals surface area (Å²) in [6.07, 6.45) is 10.8. The molecule has 3 heterocycles. The highest BCUT2D eigenvalue weighted by Gasteiger charge is 2.31. The van der Waals surface area contributed by atoms with E-state index < -0.39 is 0 Å². The molecule has 29 heavy (non-hydrogen) atoms. The number of imidazole rings is 1. The van der Waals surface area contributed by atoms with Crippen molar-refractivity contribution in [3.05, 3.63) is 23.5 Å². The minimum absolute atomic E-state index is 0. The van der Waals surface area contributed by atoms with E-state index in [2.05, 4.69) is 27.4 Å². The number of nitrogens with one attached hydrogen (secondary N) is 2. The van der Waals surface area contributed by atoms with E-state index in [1.54, 1.807) is 11.3 Å². The maximum absolute atomic E-state index is 12.8. The summed E-state index contributed by atoms with van der Waals surface area (Å²) in [7, 11) is 0. The molecule has 1 atom stereocenters. The third kappa shape index (κ3) is 5.62. The van der Waals surface area contributed by atoms with Gasteiger partial charge in [0, 0.05) is 49.4 Å². The predicted molar refractivity (Wildman–Crippen MR) is 128 cm³/mol. The van der Waals surface area contributed by atoms with Crippen LogP contribution in [0, 0.1) is 5.92 Å². The van der Waals surface area contributed by atoms with Crippen molar-refractivity contribution in [3.8, 4) is 0 Å². The van der Waals surface area contributed by atoms with Crippen LogP contribution in [0.5, 0.6) is 0 Å². The molecule has 1 amide bonds. The quantitative estimate of drug-likeness (QED) is 0.354. The van der Waals surface area contributed by atoms with Crippen molar-refractivity contribution in [1.82, 2.24) is 24.9 Å². The lowest BCUT2D eigenvalue weighted by Crippen LogP contribution is -2.45. The molecule has 4 rings (SSSR count). The number of carbonyl (C=O) groups excluding carboxylic acids is 1.